The summed E-state index contributed by atoms with van der Waals surface area (Å²) >= 11 is 6.25. The molecule has 0 saturated heterocycles. The number of benzene rings is 2. The van der Waals surface area contributed by atoms with E-state index in [9.17, 15) is 0 Å². The third-order valence-electron chi connectivity index (χ3n) is 2.82. The standard InChI is InChI=1S/C15H12ClNO/c1-10-4-3-5-13(16)15(10)12-7-6-11(9-17)8-14(12)18-2/h3-8H,1-2H3. The van der Waals surface area contributed by atoms with Crippen LogP contribution in [0.25, 0.3) is 11.1 Å². The number of hydrogen-bond donors (Lipinski definition) is 0. The predicted octanol–water partition coefficient (Wildman–Crippen LogP) is 4.20. The first-order valence-electron chi connectivity index (χ1n) is 5.51. The largest absolute Gasteiger partial charge is 0.496 e. The Labute approximate surface area is 111 Å². The van der Waals surface area contributed by atoms with Crippen LogP contribution >= 0.6 is 11.6 Å². The number of rotatable bonds is 2. The predicted molar refractivity (Wildman–Crippen MR) is 72.9 cm³/mol. The zero-order chi connectivity index (χ0) is 13.1. The summed E-state index contributed by atoms with van der Waals surface area (Å²) in [7, 11) is 1.59. The lowest BCUT2D eigenvalue weighted by Gasteiger charge is -2.12. The zero-order valence-electron chi connectivity index (χ0n) is 10.2. The first-order chi connectivity index (χ1) is 8.67. The lowest BCUT2D eigenvalue weighted by molar-refractivity contribution is 0.416. The fraction of sp³-hybridized carbons (Fsp3) is 0.133. The maximum Gasteiger partial charge on any atom is 0.128 e. The normalized spacial score (nSPS) is 9.89. The molecular weight excluding hydrogens is 246 g/mol. The van der Waals surface area contributed by atoms with Gasteiger partial charge in [0.2, 0.25) is 0 Å². The highest BCUT2D eigenvalue weighted by Crippen LogP contribution is 2.37. The van der Waals surface area contributed by atoms with Gasteiger partial charge in [-0.1, -0.05) is 23.7 Å². The third-order valence-corrected chi connectivity index (χ3v) is 3.14. The Bertz CT molecular complexity index is 609. The molecule has 0 aliphatic carbocycles. The Kier molecular flexibility index (Phi) is 3.55. The number of nitrogens with zero attached hydrogens (tertiary/aromatic N) is 1. The molecule has 90 valence electrons. The van der Waals surface area contributed by atoms with E-state index in [0.29, 0.717) is 16.3 Å². The van der Waals surface area contributed by atoms with Crippen molar-refractivity contribution < 1.29 is 4.74 Å². The van der Waals surface area contributed by atoms with Gasteiger partial charge in [-0.15, -0.1) is 0 Å². The molecule has 0 heterocycles. The molecule has 0 saturated carbocycles. The van der Waals surface area contributed by atoms with E-state index >= 15 is 0 Å². The number of ether oxygens (including phenoxy) is 1. The Morgan fingerprint density at radius 1 is 1.22 bits per heavy atom. The van der Waals surface area contributed by atoms with E-state index in [1.807, 2.05) is 31.2 Å². The van der Waals surface area contributed by atoms with Crippen LogP contribution in [0.2, 0.25) is 5.02 Å². The quantitative estimate of drug-likeness (QED) is 0.808. The van der Waals surface area contributed by atoms with Crippen molar-refractivity contribution in [3.05, 3.63) is 52.5 Å². The van der Waals surface area contributed by atoms with Crippen molar-refractivity contribution in [2.75, 3.05) is 7.11 Å². The number of hydrogen-bond acceptors (Lipinski definition) is 2. The van der Waals surface area contributed by atoms with E-state index in [4.69, 9.17) is 21.6 Å². The van der Waals surface area contributed by atoms with Crippen LogP contribution in [0, 0.1) is 18.3 Å². The van der Waals surface area contributed by atoms with Gasteiger partial charge in [0.05, 0.1) is 18.7 Å². The van der Waals surface area contributed by atoms with Crippen molar-refractivity contribution >= 4 is 11.6 Å². The molecule has 2 nitrogen and oxygen atoms in total. The van der Waals surface area contributed by atoms with Crippen LogP contribution in [0.1, 0.15) is 11.1 Å². The molecule has 0 radical (unpaired) electrons. The highest BCUT2D eigenvalue weighted by molar-refractivity contribution is 6.33. The van der Waals surface area contributed by atoms with Crippen LogP contribution in [0.3, 0.4) is 0 Å². The van der Waals surface area contributed by atoms with Crippen LogP contribution < -0.4 is 4.74 Å². The summed E-state index contributed by atoms with van der Waals surface area (Å²) in [4.78, 5) is 0. The van der Waals surface area contributed by atoms with Gasteiger partial charge in [-0.05, 0) is 36.8 Å². The van der Waals surface area contributed by atoms with Gasteiger partial charge in [0.1, 0.15) is 5.75 Å². The summed E-state index contributed by atoms with van der Waals surface area (Å²) in [5.74, 6) is 0.658. The summed E-state index contributed by atoms with van der Waals surface area (Å²) < 4.78 is 5.34. The first-order valence-corrected chi connectivity index (χ1v) is 5.88. The fourth-order valence-corrected chi connectivity index (χ4v) is 2.26. The molecule has 0 atom stereocenters. The number of nitriles is 1. The van der Waals surface area contributed by atoms with Gasteiger partial charge in [-0.2, -0.15) is 5.26 Å². The average molecular weight is 258 g/mol. The van der Waals surface area contributed by atoms with E-state index < -0.39 is 0 Å². The van der Waals surface area contributed by atoms with Crippen molar-refractivity contribution in [2.45, 2.75) is 6.92 Å². The van der Waals surface area contributed by atoms with Gasteiger partial charge < -0.3 is 4.74 Å². The minimum absolute atomic E-state index is 0.570. The second-order valence-electron chi connectivity index (χ2n) is 3.96. The lowest BCUT2D eigenvalue weighted by atomic mass is 9.98. The second kappa shape index (κ2) is 5.12. The van der Waals surface area contributed by atoms with E-state index in [0.717, 1.165) is 16.7 Å². The molecule has 0 spiro atoms. The molecular formula is C15H12ClNO. The van der Waals surface area contributed by atoms with Gasteiger partial charge in [0, 0.05) is 16.1 Å². The second-order valence-corrected chi connectivity index (χ2v) is 4.37. The topological polar surface area (TPSA) is 33.0 Å². The van der Waals surface area contributed by atoms with Gasteiger partial charge in [0.25, 0.3) is 0 Å². The third kappa shape index (κ3) is 2.18. The summed E-state index contributed by atoms with van der Waals surface area (Å²) in [6.07, 6.45) is 0. The van der Waals surface area contributed by atoms with Gasteiger partial charge in [-0.25, -0.2) is 0 Å². The molecule has 2 rings (SSSR count). The molecule has 0 aliphatic rings. The number of methoxy groups -OCH3 is 1. The molecule has 3 heteroatoms. The van der Waals surface area contributed by atoms with Crippen molar-refractivity contribution in [3.8, 4) is 22.9 Å². The SMILES string of the molecule is COc1cc(C#N)ccc1-c1c(C)cccc1Cl. The summed E-state index contributed by atoms with van der Waals surface area (Å²) in [6.45, 7) is 2.00. The molecule has 0 aliphatic heterocycles. The van der Waals surface area contributed by atoms with Crippen LogP contribution in [0.15, 0.2) is 36.4 Å². The Balaban J connectivity index is 2.68. The Morgan fingerprint density at radius 3 is 2.61 bits per heavy atom. The summed E-state index contributed by atoms with van der Waals surface area (Å²) in [5, 5.41) is 9.58. The van der Waals surface area contributed by atoms with Crippen LogP contribution in [-0.2, 0) is 0 Å². The van der Waals surface area contributed by atoms with Gasteiger partial charge >= 0.3 is 0 Å². The van der Waals surface area contributed by atoms with Crippen molar-refractivity contribution in [3.63, 3.8) is 0 Å². The maximum absolute atomic E-state index is 8.90. The number of aryl methyl sites for hydroxylation is 1. The van der Waals surface area contributed by atoms with Crippen molar-refractivity contribution in [1.82, 2.24) is 0 Å². The zero-order valence-corrected chi connectivity index (χ0v) is 11.0. The monoisotopic (exact) mass is 257 g/mol. The molecule has 2 aromatic rings. The molecule has 0 unspecified atom stereocenters. The highest BCUT2D eigenvalue weighted by Gasteiger charge is 2.12. The average Bonchev–Trinajstić information content (AvgIpc) is 2.38. The van der Waals surface area contributed by atoms with E-state index in [2.05, 4.69) is 6.07 Å². The number of halogens is 1. The smallest absolute Gasteiger partial charge is 0.128 e. The molecule has 0 aromatic heterocycles. The van der Waals surface area contributed by atoms with Gasteiger partial charge in [-0.3, -0.25) is 0 Å². The van der Waals surface area contributed by atoms with E-state index in [1.165, 1.54) is 0 Å². The minimum Gasteiger partial charge on any atom is -0.496 e. The highest BCUT2D eigenvalue weighted by atomic mass is 35.5. The molecule has 0 amide bonds. The minimum atomic E-state index is 0.570. The van der Waals surface area contributed by atoms with Crippen molar-refractivity contribution in [1.29, 1.82) is 5.26 Å². The molecule has 0 fully saturated rings. The maximum atomic E-state index is 8.90. The summed E-state index contributed by atoms with van der Waals surface area (Å²) in [6, 6.07) is 13.2. The molecule has 0 N–H and O–H groups in total. The van der Waals surface area contributed by atoms with Crippen LogP contribution in [0.5, 0.6) is 5.75 Å². The van der Waals surface area contributed by atoms with Gasteiger partial charge in [0.15, 0.2) is 0 Å². The summed E-state index contributed by atoms with van der Waals surface area (Å²) in [5.41, 5.74) is 3.49. The molecule has 18 heavy (non-hydrogen) atoms. The Morgan fingerprint density at radius 2 is 2.00 bits per heavy atom. The van der Waals surface area contributed by atoms with Crippen molar-refractivity contribution in [2.24, 2.45) is 0 Å². The Hall–Kier alpha value is -1.98. The lowest BCUT2D eigenvalue weighted by Crippen LogP contribution is -1.92. The van der Waals surface area contributed by atoms with Crippen LogP contribution in [0.4, 0.5) is 0 Å². The van der Waals surface area contributed by atoms with E-state index in [1.54, 1.807) is 19.2 Å². The van der Waals surface area contributed by atoms with Crippen LogP contribution in [-0.4, -0.2) is 7.11 Å². The van der Waals surface area contributed by atoms with E-state index in [-0.39, 0.29) is 0 Å². The molecule has 2 aromatic carbocycles. The molecule has 0 bridgehead atoms. The first kappa shape index (κ1) is 12.5. The fourth-order valence-electron chi connectivity index (χ4n) is 1.94.